The number of benzene rings is 2. The van der Waals surface area contributed by atoms with Gasteiger partial charge in [0.05, 0.1) is 10.7 Å². The van der Waals surface area contributed by atoms with E-state index in [4.69, 9.17) is 11.6 Å². The fourth-order valence-corrected chi connectivity index (χ4v) is 2.27. The molecule has 0 unspecified atom stereocenters. The number of aryl methyl sites for hydroxylation is 1. The number of nitrogens with one attached hydrogen (secondary N) is 2. The van der Waals surface area contributed by atoms with Crippen LogP contribution in [0.4, 0.5) is 17.2 Å². The highest BCUT2D eigenvalue weighted by Crippen LogP contribution is 2.23. The van der Waals surface area contributed by atoms with E-state index in [-0.39, 0.29) is 11.6 Å². The van der Waals surface area contributed by atoms with Crippen molar-refractivity contribution >= 4 is 34.7 Å². The molecule has 3 rings (SSSR count). The molecule has 120 valence electrons. The van der Waals surface area contributed by atoms with Crippen LogP contribution in [0.3, 0.4) is 0 Å². The van der Waals surface area contributed by atoms with Gasteiger partial charge in [0.25, 0.3) is 5.91 Å². The maximum absolute atomic E-state index is 12.3. The van der Waals surface area contributed by atoms with Gasteiger partial charge in [0.15, 0.2) is 0 Å². The van der Waals surface area contributed by atoms with Crippen molar-refractivity contribution in [2.75, 3.05) is 10.6 Å². The standard InChI is InChI=1S/C18H15ClN4O/c1-12-6-8-13(9-7-12)22-18(24)16-10-17(21-11-20-16)23-15-5-3-2-4-14(15)19/h2-11H,1H3,(H,22,24)(H,20,21,23). The average molecular weight is 339 g/mol. The van der Waals surface area contributed by atoms with Gasteiger partial charge >= 0.3 is 0 Å². The Morgan fingerprint density at radius 1 is 1.04 bits per heavy atom. The number of carbonyl (C=O) groups excluding carboxylic acids is 1. The van der Waals surface area contributed by atoms with Crippen LogP contribution in [0, 0.1) is 6.92 Å². The van der Waals surface area contributed by atoms with Gasteiger partial charge in [-0.2, -0.15) is 0 Å². The van der Waals surface area contributed by atoms with Crippen molar-refractivity contribution in [2.24, 2.45) is 0 Å². The predicted molar refractivity (Wildman–Crippen MR) is 95.9 cm³/mol. The van der Waals surface area contributed by atoms with E-state index in [1.54, 1.807) is 12.1 Å². The summed E-state index contributed by atoms with van der Waals surface area (Å²) in [7, 11) is 0. The van der Waals surface area contributed by atoms with Crippen LogP contribution in [0.5, 0.6) is 0 Å². The molecule has 5 nitrogen and oxygen atoms in total. The normalized spacial score (nSPS) is 10.2. The summed E-state index contributed by atoms with van der Waals surface area (Å²) in [6.45, 7) is 1.99. The van der Waals surface area contributed by atoms with Gasteiger partial charge in [-0.25, -0.2) is 9.97 Å². The molecule has 1 heterocycles. The Bertz CT molecular complexity index is 865. The molecule has 6 heteroatoms. The zero-order valence-electron chi connectivity index (χ0n) is 13.0. The SMILES string of the molecule is Cc1ccc(NC(=O)c2cc(Nc3ccccc3Cl)ncn2)cc1. The minimum absolute atomic E-state index is 0.264. The summed E-state index contributed by atoms with van der Waals surface area (Å²) in [5, 5.41) is 6.45. The smallest absolute Gasteiger partial charge is 0.274 e. The molecule has 0 aliphatic rings. The molecule has 24 heavy (non-hydrogen) atoms. The Balaban J connectivity index is 1.76. The van der Waals surface area contributed by atoms with E-state index in [0.29, 0.717) is 22.2 Å². The van der Waals surface area contributed by atoms with E-state index in [9.17, 15) is 4.79 Å². The molecular weight excluding hydrogens is 324 g/mol. The fourth-order valence-electron chi connectivity index (χ4n) is 2.08. The zero-order chi connectivity index (χ0) is 16.9. The molecule has 0 saturated heterocycles. The first-order chi connectivity index (χ1) is 11.6. The van der Waals surface area contributed by atoms with E-state index in [1.807, 2.05) is 49.4 Å². The topological polar surface area (TPSA) is 66.9 Å². The summed E-state index contributed by atoms with van der Waals surface area (Å²) in [6, 6.07) is 16.4. The molecule has 0 atom stereocenters. The third-order valence-corrected chi connectivity index (χ3v) is 3.68. The minimum atomic E-state index is -0.302. The first kappa shape index (κ1) is 16.0. The third-order valence-electron chi connectivity index (χ3n) is 3.35. The van der Waals surface area contributed by atoms with E-state index in [1.165, 1.54) is 6.33 Å². The van der Waals surface area contributed by atoms with Crippen LogP contribution < -0.4 is 10.6 Å². The van der Waals surface area contributed by atoms with E-state index < -0.39 is 0 Å². The Hall–Kier alpha value is -2.92. The number of hydrogen-bond donors (Lipinski definition) is 2. The predicted octanol–water partition coefficient (Wildman–Crippen LogP) is 4.43. The number of carbonyl (C=O) groups is 1. The molecule has 0 aliphatic heterocycles. The lowest BCUT2D eigenvalue weighted by Crippen LogP contribution is -2.14. The van der Waals surface area contributed by atoms with Crippen LogP contribution in [0.15, 0.2) is 60.9 Å². The van der Waals surface area contributed by atoms with E-state index in [2.05, 4.69) is 20.6 Å². The molecule has 0 bridgehead atoms. The third kappa shape index (κ3) is 3.88. The first-order valence-corrected chi connectivity index (χ1v) is 7.71. The van der Waals surface area contributed by atoms with Crippen LogP contribution in [0.2, 0.25) is 5.02 Å². The van der Waals surface area contributed by atoms with Crippen LogP contribution in [-0.2, 0) is 0 Å². The Morgan fingerprint density at radius 3 is 2.54 bits per heavy atom. The van der Waals surface area contributed by atoms with Gasteiger partial charge in [-0.1, -0.05) is 41.4 Å². The lowest BCUT2D eigenvalue weighted by molar-refractivity contribution is 0.102. The van der Waals surface area contributed by atoms with Crippen LogP contribution in [0.1, 0.15) is 16.1 Å². The Kier molecular flexibility index (Phi) is 4.72. The molecule has 3 aromatic rings. The first-order valence-electron chi connectivity index (χ1n) is 7.33. The highest BCUT2D eigenvalue weighted by Gasteiger charge is 2.10. The summed E-state index contributed by atoms with van der Waals surface area (Å²) >= 11 is 6.11. The quantitative estimate of drug-likeness (QED) is 0.738. The van der Waals surface area contributed by atoms with Gasteiger partial charge in [-0.3, -0.25) is 4.79 Å². The molecule has 1 aromatic heterocycles. The molecule has 2 N–H and O–H groups in total. The van der Waals surface area contributed by atoms with Gasteiger partial charge < -0.3 is 10.6 Å². The van der Waals surface area contributed by atoms with Crippen LogP contribution in [-0.4, -0.2) is 15.9 Å². The number of hydrogen-bond acceptors (Lipinski definition) is 4. The monoisotopic (exact) mass is 338 g/mol. The summed E-state index contributed by atoms with van der Waals surface area (Å²) in [5.74, 6) is 0.190. The van der Waals surface area contributed by atoms with Crippen molar-refractivity contribution in [3.05, 3.63) is 77.2 Å². The molecule has 0 aliphatic carbocycles. The van der Waals surface area contributed by atoms with Crippen molar-refractivity contribution in [2.45, 2.75) is 6.92 Å². The van der Waals surface area contributed by atoms with Crippen LogP contribution in [0.25, 0.3) is 0 Å². The maximum atomic E-state index is 12.3. The van der Waals surface area contributed by atoms with Crippen LogP contribution >= 0.6 is 11.6 Å². The summed E-state index contributed by atoms with van der Waals surface area (Å²) in [4.78, 5) is 20.5. The number of para-hydroxylation sites is 1. The number of anilines is 3. The highest BCUT2D eigenvalue weighted by molar-refractivity contribution is 6.33. The molecule has 0 saturated carbocycles. The Labute approximate surface area is 144 Å². The molecule has 1 amide bonds. The number of rotatable bonds is 4. The largest absolute Gasteiger partial charge is 0.339 e. The van der Waals surface area contributed by atoms with Gasteiger partial charge in [-0.15, -0.1) is 0 Å². The summed E-state index contributed by atoms with van der Waals surface area (Å²) < 4.78 is 0. The molecular formula is C18H15ClN4O. The number of aromatic nitrogens is 2. The molecule has 0 spiro atoms. The highest BCUT2D eigenvalue weighted by atomic mass is 35.5. The van der Waals surface area contributed by atoms with E-state index in [0.717, 1.165) is 5.56 Å². The molecule has 2 aromatic carbocycles. The van der Waals surface area contributed by atoms with Crippen molar-refractivity contribution in [3.63, 3.8) is 0 Å². The second kappa shape index (κ2) is 7.10. The Morgan fingerprint density at radius 2 is 1.79 bits per heavy atom. The van der Waals surface area contributed by atoms with Crippen molar-refractivity contribution in [1.82, 2.24) is 9.97 Å². The van der Waals surface area contributed by atoms with Crippen molar-refractivity contribution in [3.8, 4) is 0 Å². The number of nitrogens with zero attached hydrogens (tertiary/aromatic N) is 2. The molecule has 0 radical (unpaired) electrons. The average Bonchev–Trinajstić information content (AvgIpc) is 2.59. The van der Waals surface area contributed by atoms with Crippen molar-refractivity contribution < 1.29 is 4.79 Å². The van der Waals surface area contributed by atoms with Gasteiger partial charge in [0, 0.05) is 11.8 Å². The lowest BCUT2D eigenvalue weighted by atomic mass is 10.2. The van der Waals surface area contributed by atoms with E-state index >= 15 is 0 Å². The fraction of sp³-hybridized carbons (Fsp3) is 0.0556. The zero-order valence-corrected chi connectivity index (χ0v) is 13.7. The molecule has 0 fully saturated rings. The maximum Gasteiger partial charge on any atom is 0.274 e. The van der Waals surface area contributed by atoms with Gasteiger partial charge in [0.2, 0.25) is 0 Å². The second-order valence-corrected chi connectivity index (χ2v) is 5.62. The summed E-state index contributed by atoms with van der Waals surface area (Å²) in [6.07, 6.45) is 1.34. The van der Waals surface area contributed by atoms with Gasteiger partial charge in [-0.05, 0) is 31.2 Å². The summed E-state index contributed by atoms with van der Waals surface area (Å²) in [5.41, 5.74) is 2.81. The number of amides is 1. The second-order valence-electron chi connectivity index (χ2n) is 5.21. The number of halogens is 1. The van der Waals surface area contributed by atoms with Gasteiger partial charge in [0.1, 0.15) is 17.8 Å². The van der Waals surface area contributed by atoms with Crippen molar-refractivity contribution in [1.29, 1.82) is 0 Å². The minimum Gasteiger partial charge on any atom is -0.339 e. The lowest BCUT2D eigenvalue weighted by Gasteiger charge is -2.09.